The molecule has 2 aromatic carbocycles. The van der Waals surface area contributed by atoms with Gasteiger partial charge < -0.3 is 14.4 Å². The van der Waals surface area contributed by atoms with Crippen LogP contribution in [0.1, 0.15) is 148 Å². The normalized spacial score (nSPS) is 13.6. The molecule has 0 N–H and O–H groups in total. The van der Waals surface area contributed by atoms with Crippen molar-refractivity contribution in [2.75, 3.05) is 50.8 Å². The number of anilines is 1. The zero-order valence-corrected chi connectivity index (χ0v) is 35.5. The molecule has 5 rings (SSSR count). The lowest BCUT2D eigenvalue weighted by Gasteiger charge is -2.36. The van der Waals surface area contributed by atoms with Gasteiger partial charge in [0.05, 0.1) is 18.7 Å². The molecule has 0 spiro atoms. The van der Waals surface area contributed by atoms with Crippen molar-refractivity contribution in [3.63, 3.8) is 0 Å². The van der Waals surface area contributed by atoms with E-state index in [1.807, 2.05) is 23.5 Å². The number of carbonyl (C=O) groups is 1. The molecule has 308 valence electrons. The number of carbonyl (C=O) groups excluding carboxylic acids is 1. The summed E-state index contributed by atoms with van der Waals surface area (Å²) in [6.07, 6.45) is 28.0. The monoisotopic (exact) mass is 786 g/mol. The summed E-state index contributed by atoms with van der Waals surface area (Å²) in [6.45, 7) is 8.50. The van der Waals surface area contributed by atoms with Crippen LogP contribution in [0.4, 0.5) is 10.5 Å². The minimum absolute atomic E-state index is 0.330. The Morgan fingerprint density at radius 2 is 1.23 bits per heavy atom. The van der Waals surface area contributed by atoms with Gasteiger partial charge in [0, 0.05) is 54.1 Å². The molecular weight excluding hydrogens is 715 g/mol. The third-order valence-corrected chi connectivity index (χ3v) is 12.5. The van der Waals surface area contributed by atoms with Crippen LogP contribution in [0.15, 0.2) is 64.8 Å². The van der Waals surface area contributed by atoms with Crippen LogP contribution in [0.5, 0.6) is 5.75 Å². The molecule has 0 radical (unpaired) electrons. The highest BCUT2D eigenvalue weighted by molar-refractivity contribution is 7.17. The van der Waals surface area contributed by atoms with Gasteiger partial charge in [-0.2, -0.15) is 0 Å². The van der Waals surface area contributed by atoms with Gasteiger partial charge in [-0.05, 0) is 73.0 Å². The molecule has 7 nitrogen and oxygen atoms in total. The summed E-state index contributed by atoms with van der Waals surface area (Å²) in [4.78, 5) is 31.0. The number of hydrogen-bond donors (Lipinski definition) is 0. The maximum Gasteiger partial charge on any atom is 0.421 e. The third-order valence-electron chi connectivity index (χ3n) is 11.6. The fourth-order valence-electron chi connectivity index (χ4n) is 8.17. The molecule has 2 aromatic heterocycles. The Hall–Kier alpha value is -3.36. The van der Waals surface area contributed by atoms with Crippen LogP contribution in [-0.4, -0.2) is 61.5 Å². The molecule has 0 saturated carbocycles. The average molecular weight is 786 g/mol. The van der Waals surface area contributed by atoms with Crippen LogP contribution in [0.2, 0.25) is 0 Å². The molecule has 0 amide bonds. The second-order valence-electron chi connectivity index (χ2n) is 16.1. The van der Waals surface area contributed by atoms with Gasteiger partial charge in [0.15, 0.2) is 0 Å². The van der Waals surface area contributed by atoms with Crippen LogP contribution >= 0.6 is 11.3 Å². The SMILES string of the molecule is CCCCCCCCCCCCCCCCCCCCCCOC(=O)n1c(=O)ccc2ccc(OCCCCN3CCN(c4cccc5sccc45)CC3)cc21. The Bertz CT molecular complexity index is 1740. The summed E-state index contributed by atoms with van der Waals surface area (Å²) < 4.78 is 14.2. The predicted octanol–water partition coefficient (Wildman–Crippen LogP) is 13.0. The molecule has 1 aliphatic rings. The molecule has 0 bridgehead atoms. The highest BCUT2D eigenvalue weighted by atomic mass is 32.1. The standard InChI is InChI=1S/C48H71N3O4S/c1-2-3-4-5-6-7-8-9-10-11-12-13-14-15-16-17-18-19-20-22-38-55-48(53)51-45-40-42(29-27-41(45)28-30-47(51)52)54-37-23-21-32-49-33-35-50(36-34-49)44-25-24-26-46-43(44)31-39-56-46/h24-31,39-40H,2-23,32-38H2,1H3. The van der Waals surface area contributed by atoms with Crippen molar-refractivity contribution < 1.29 is 14.3 Å². The molecule has 0 aliphatic carbocycles. The minimum atomic E-state index is -0.609. The van der Waals surface area contributed by atoms with Gasteiger partial charge in [0.25, 0.3) is 5.56 Å². The van der Waals surface area contributed by atoms with E-state index in [1.54, 1.807) is 12.1 Å². The Balaban J connectivity index is 0.881. The highest BCUT2D eigenvalue weighted by Crippen LogP contribution is 2.31. The van der Waals surface area contributed by atoms with Gasteiger partial charge in [0.2, 0.25) is 0 Å². The van der Waals surface area contributed by atoms with Crippen LogP contribution in [0, 0.1) is 0 Å². The lowest BCUT2D eigenvalue weighted by Crippen LogP contribution is -2.46. The van der Waals surface area contributed by atoms with Crippen molar-refractivity contribution in [1.29, 1.82) is 0 Å². The number of fused-ring (bicyclic) bond motifs is 2. The number of thiophene rings is 1. The first-order valence-corrected chi connectivity index (χ1v) is 23.4. The zero-order chi connectivity index (χ0) is 39.0. The number of unbranched alkanes of at least 4 members (excludes halogenated alkanes) is 20. The maximum absolute atomic E-state index is 13.1. The predicted molar refractivity (Wildman–Crippen MR) is 238 cm³/mol. The second kappa shape index (κ2) is 25.8. The number of hydrogen-bond acceptors (Lipinski definition) is 7. The number of aromatic nitrogens is 1. The van der Waals surface area contributed by atoms with E-state index in [0.29, 0.717) is 24.5 Å². The van der Waals surface area contributed by atoms with Crippen molar-refractivity contribution in [1.82, 2.24) is 9.47 Å². The Labute approximate surface area is 341 Å². The van der Waals surface area contributed by atoms with E-state index in [-0.39, 0.29) is 5.56 Å². The molecule has 56 heavy (non-hydrogen) atoms. The molecule has 0 unspecified atom stereocenters. The van der Waals surface area contributed by atoms with Crippen molar-refractivity contribution in [2.24, 2.45) is 0 Å². The van der Waals surface area contributed by atoms with Crippen LogP contribution in [-0.2, 0) is 4.74 Å². The Morgan fingerprint density at radius 1 is 0.643 bits per heavy atom. The van der Waals surface area contributed by atoms with Gasteiger partial charge in [0.1, 0.15) is 5.75 Å². The van der Waals surface area contributed by atoms with Crippen molar-refractivity contribution in [3.8, 4) is 5.75 Å². The largest absolute Gasteiger partial charge is 0.494 e. The van der Waals surface area contributed by atoms with E-state index < -0.39 is 6.09 Å². The molecule has 3 heterocycles. The van der Waals surface area contributed by atoms with E-state index in [0.717, 1.165) is 74.8 Å². The molecule has 1 aliphatic heterocycles. The number of nitrogens with zero attached hydrogens (tertiary/aromatic N) is 3. The van der Waals surface area contributed by atoms with Crippen molar-refractivity contribution >= 4 is 44.1 Å². The summed E-state index contributed by atoms with van der Waals surface area (Å²) >= 11 is 1.81. The highest BCUT2D eigenvalue weighted by Gasteiger charge is 2.19. The fraction of sp³-hybridized carbons (Fsp3) is 0.625. The second-order valence-corrected chi connectivity index (χ2v) is 17.0. The number of piperazine rings is 1. The Kier molecular flexibility index (Phi) is 20.2. The van der Waals surface area contributed by atoms with Gasteiger partial charge in [-0.3, -0.25) is 9.69 Å². The van der Waals surface area contributed by atoms with Gasteiger partial charge in [-0.1, -0.05) is 135 Å². The molecule has 1 saturated heterocycles. The summed E-state index contributed by atoms with van der Waals surface area (Å²) in [6, 6.07) is 17.7. The van der Waals surface area contributed by atoms with Gasteiger partial charge >= 0.3 is 6.09 Å². The summed E-state index contributed by atoms with van der Waals surface area (Å²) in [7, 11) is 0. The van der Waals surface area contributed by atoms with E-state index in [4.69, 9.17) is 9.47 Å². The zero-order valence-electron chi connectivity index (χ0n) is 34.7. The molecule has 8 heteroatoms. The van der Waals surface area contributed by atoms with E-state index >= 15 is 0 Å². The van der Waals surface area contributed by atoms with Crippen molar-refractivity contribution in [2.45, 2.75) is 148 Å². The van der Waals surface area contributed by atoms with Crippen LogP contribution < -0.4 is 15.2 Å². The van der Waals surface area contributed by atoms with Crippen LogP contribution in [0.25, 0.3) is 21.0 Å². The van der Waals surface area contributed by atoms with E-state index in [1.165, 1.54) is 131 Å². The minimum Gasteiger partial charge on any atom is -0.494 e. The number of benzene rings is 2. The fourth-order valence-corrected chi connectivity index (χ4v) is 8.97. The van der Waals surface area contributed by atoms with E-state index in [9.17, 15) is 9.59 Å². The molecular formula is C48H71N3O4S. The Morgan fingerprint density at radius 3 is 1.88 bits per heavy atom. The number of rotatable bonds is 28. The van der Waals surface area contributed by atoms with E-state index in [2.05, 4.69) is 46.4 Å². The smallest absolute Gasteiger partial charge is 0.421 e. The molecule has 4 aromatic rings. The summed E-state index contributed by atoms with van der Waals surface area (Å²) in [5, 5.41) is 4.36. The lowest BCUT2D eigenvalue weighted by atomic mass is 10.0. The number of pyridine rings is 1. The maximum atomic E-state index is 13.1. The topological polar surface area (TPSA) is 64.0 Å². The van der Waals surface area contributed by atoms with Gasteiger partial charge in [-0.15, -0.1) is 11.3 Å². The first-order valence-electron chi connectivity index (χ1n) is 22.5. The first kappa shape index (κ1) is 43.8. The quantitative estimate of drug-likeness (QED) is 0.0534. The lowest BCUT2D eigenvalue weighted by molar-refractivity contribution is 0.145. The molecule has 0 atom stereocenters. The molecule has 1 fully saturated rings. The van der Waals surface area contributed by atoms with Crippen LogP contribution in [0.3, 0.4) is 0 Å². The number of ether oxygens (including phenoxy) is 2. The summed E-state index contributed by atoms with van der Waals surface area (Å²) in [5.41, 5.74) is 1.51. The third kappa shape index (κ3) is 14.9. The van der Waals surface area contributed by atoms with Gasteiger partial charge in [-0.25, -0.2) is 9.36 Å². The summed E-state index contributed by atoms with van der Waals surface area (Å²) in [5.74, 6) is 0.662. The average Bonchev–Trinajstić information content (AvgIpc) is 3.71. The van der Waals surface area contributed by atoms with Crippen molar-refractivity contribution in [3.05, 3.63) is 70.3 Å². The first-order chi connectivity index (χ1) is 27.6.